The van der Waals surface area contributed by atoms with Crippen LogP contribution in [0.5, 0.6) is 0 Å². The molecular formula is C14H28N4O3. The number of pyridine rings is 1. The highest BCUT2D eigenvalue weighted by Gasteiger charge is 2.20. The minimum Gasteiger partial charge on any atom is -0.394 e. The second-order valence-corrected chi connectivity index (χ2v) is 4.76. The highest BCUT2D eigenvalue weighted by atomic mass is 16.3. The van der Waals surface area contributed by atoms with Gasteiger partial charge in [0.05, 0.1) is 31.1 Å². The van der Waals surface area contributed by atoms with E-state index in [2.05, 4.69) is 23.3 Å². The Labute approximate surface area is 126 Å². The molecule has 1 aromatic heterocycles. The Morgan fingerprint density at radius 1 is 1.24 bits per heavy atom. The van der Waals surface area contributed by atoms with Crippen molar-refractivity contribution in [2.45, 2.75) is 25.4 Å². The first-order valence-corrected chi connectivity index (χ1v) is 7.01. The second kappa shape index (κ2) is 11.6. The third-order valence-corrected chi connectivity index (χ3v) is 2.92. The highest BCUT2D eigenvalue weighted by molar-refractivity contribution is 5.19. The lowest BCUT2D eigenvalue weighted by Crippen LogP contribution is -2.50. The van der Waals surface area contributed by atoms with Gasteiger partial charge in [0.25, 0.3) is 0 Å². The number of rotatable bonds is 8. The molecule has 1 rings (SSSR count). The van der Waals surface area contributed by atoms with Crippen molar-refractivity contribution in [1.82, 2.24) is 10.3 Å². The smallest absolute Gasteiger partial charge is 0.0856 e. The Balaban J connectivity index is 0.000000433. The molecule has 0 saturated heterocycles. The fourth-order valence-corrected chi connectivity index (χ4v) is 1.41. The SMILES string of the molecule is CCc1cccnc1CNCCN.NC(CO)(CO)CO. The van der Waals surface area contributed by atoms with Crippen LogP contribution in [0.1, 0.15) is 18.2 Å². The fourth-order valence-electron chi connectivity index (χ4n) is 1.41. The topological polar surface area (TPSA) is 138 Å². The first-order valence-electron chi connectivity index (χ1n) is 7.01. The lowest BCUT2D eigenvalue weighted by molar-refractivity contribution is 0.0698. The van der Waals surface area contributed by atoms with E-state index in [0.717, 1.165) is 25.2 Å². The van der Waals surface area contributed by atoms with Crippen molar-refractivity contribution < 1.29 is 15.3 Å². The summed E-state index contributed by atoms with van der Waals surface area (Å²) in [6.07, 6.45) is 2.87. The quantitative estimate of drug-likeness (QED) is 0.316. The Morgan fingerprint density at radius 3 is 2.29 bits per heavy atom. The van der Waals surface area contributed by atoms with Gasteiger partial charge in [-0.2, -0.15) is 0 Å². The molecule has 0 fully saturated rings. The maximum absolute atomic E-state index is 8.34. The predicted molar refractivity (Wildman–Crippen MR) is 82.6 cm³/mol. The second-order valence-electron chi connectivity index (χ2n) is 4.76. The van der Waals surface area contributed by atoms with Crippen LogP contribution in [0.15, 0.2) is 18.3 Å². The van der Waals surface area contributed by atoms with Gasteiger partial charge in [-0.05, 0) is 18.1 Å². The first kappa shape index (κ1) is 19.9. The number of nitrogens with one attached hydrogen (secondary N) is 1. The number of aliphatic hydroxyl groups excluding tert-OH is 3. The number of aliphatic hydroxyl groups is 3. The Kier molecular flexibility index (Phi) is 11.0. The molecule has 0 bridgehead atoms. The summed E-state index contributed by atoms with van der Waals surface area (Å²) in [5.74, 6) is 0. The molecule has 21 heavy (non-hydrogen) atoms. The van der Waals surface area contributed by atoms with Crippen molar-refractivity contribution >= 4 is 0 Å². The van der Waals surface area contributed by atoms with Crippen molar-refractivity contribution in [3.05, 3.63) is 29.6 Å². The van der Waals surface area contributed by atoms with E-state index in [-0.39, 0.29) is 0 Å². The van der Waals surface area contributed by atoms with E-state index < -0.39 is 25.4 Å². The molecular weight excluding hydrogens is 272 g/mol. The summed E-state index contributed by atoms with van der Waals surface area (Å²) in [5, 5.41) is 28.3. The Bertz CT molecular complexity index is 365. The van der Waals surface area contributed by atoms with Crippen molar-refractivity contribution in [3.63, 3.8) is 0 Å². The zero-order valence-corrected chi connectivity index (χ0v) is 12.6. The minimum atomic E-state index is -1.21. The standard InChI is InChI=1S/C10H17N3.C4H11NO3/c1-2-9-4-3-6-13-10(9)8-12-7-5-11;5-4(1-6,2-7)3-8/h3-4,6,12H,2,5,7-8,11H2,1H3;6-8H,1-3,5H2. The third kappa shape index (κ3) is 8.05. The van der Waals surface area contributed by atoms with Gasteiger partial charge in [0.1, 0.15) is 0 Å². The van der Waals surface area contributed by atoms with Crippen molar-refractivity contribution in [3.8, 4) is 0 Å². The Morgan fingerprint density at radius 2 is 1.86 bits per heavy atom. The van der Waals surface area contributed by atoms with E-state index >= 15 is 0 Å². The molecule has 7 heteroatoms. The number of nitrogens with two attached hydrogens (primary N) is 2. The van der Waals surface area contributed by atoms with Gasteiger partial charge in [0.15, 0.2) is 0 Å². The largest absolute Gasteiger partial charge is 0.394 e. The third-order valence-electron chi connectivity index (χ3n) is 2.92. The summed E-state index contributed by atoms with van der Waals surface area (Å²) in [6, 6.07) is 4.09. The number of hydrogen-bond acceptors (Lipinski definition) is 7. The zero-order valence-electron chi connectivity index (χ0n) is 12.6. The molecule has 0 aromatic carbocycles. The molecule has 0 aliphatic carbocycles. The van der Waals surface area contributed by atoms with Crippen LogP contribution in [0.25, 0.3) is 0 Å². The fraction of sp³-hybridized carbons (Fsp3) is 0.643. The van der Waals surface area contributed by atoms with E-state index in [1.54, 1.807) is 0 Å². The molecule has 122 valence electrons. The van der Waals surface area contributed by atoms with Gasteiger partial charge in [0, 0.05) is 25.8 Å². The molecule has 7 nitrogen and oxygen atoms in total. The van der Waals surface area contributed by atoms with E-state index in [4.69, 9.17) is 26.8 Å². The van der Waals surface area contributed by atoms with Crippen LogP contribution in [0.2, 0.25) is 0 Å². The average Bonchev–Trinajstić information content (AvgIpc) is 2.55. The minimum absolute atomic E-state index is 0.403. The normalized spacial score (nSPS) is 11.0. The van der Waals surface area contributed by atoms with E-state index in [1.165, 1.54) is 5.56 Å². The van der Waals surface area contributed by atoms with Gasteiger partial charge < -0.3 is 32.1 Å². The molecule has 0 atom stereocenters. The van der Waals surface area contributed by atoms with Gasteiger partial charge in [0.2, 0.25) is 0 Å². The number of aromatic nitrogens is 1. The van der Waals surface area contributed by atoms with Crippen molar-refractivity contribution in [1.29, 1.82) is 0 Å². The van der Waals surface area contributed by atoms with E-state index in [0.29, 0.717) is 6.54 Å². The van der Waals surface area contributed by atoms with Crippen LogP contribution in [0, 0.1) is 0 Å². The van der Waals surface area contributed by atoms with E-state index in [9.17, 15) is 0 Å². The molecule has 0 saturated carbocycles. The van der Waals surface area contributed by atoms with Gasteiger partial charge in [-0.3, -0.25) is 4.98 Å². The summed E-state index contributed by atoms with van der Waals surface area (Å²) in [4.78, 5) is 4.32. The zero-order chi connectivity index (χ0) is 16.1. The summed E-state index contributed by atoms with van der Waals surface area (Å²) in [6.45, 7) is 3.28. The summed E-state index contributed by atoms with van der Waals surface area (Å²) >= 11 is 0. The van der Waals surface area contributed by atoms with Crippen LogP contribution >= 0.6 is 0 Å². The molecule has 0 radical (unpaired) electrons. The lowest BCUT2D eigenvalue weighted by Gasteiger charge is -2.20. The predicted octanol–water partition coefficient (Wildman–Crippen LogP) is -1.65. The van der Waals surface area contributed by atoms with Crippen LogP contribution in [-0.4, -0.2) is 58.8 Å². The monoisotopic (exact) mass is 300 g/mol. The number of nitrogens with zero attached hydrogens (tertiary/aromatic N) is 1. The van der Waals surface area contributed by atoms with Gasteiger partial charge in [-0.25, -0.2) is 0 Å². The number of aryl methyl sites for hydroxylation is 1. The number of hydrogen-bond donors (Lipinski definition) is 6. The molecule has 0 aliphatic rings. The summed E-state index contributed by atoms with van der Waals surface area (Å²) in [5.41, 5.74) is 11.8. The molecule has 0 aliphatic heterocycles. The first-order chi connectivity index (χ1) is 10.1. The highest BCUT2D eigenvalue weighted by Crippen LogP contribution is 2.04. The maximum Gasteiger partial charge on any atom is 0.0856 e. The molecule has 1 heterocycles. The Hall–Kier alpha value is -1.09. The maximum atomic E-state index is 8.34. The van der Waals surface area contributed by atoms with Crippen LogP contribution in [0.4, 0.5) is 0 Å². The summed E-state index contributed by atoms with van der Waals surface area (Å²) in [7, 11) is 0. The van der Waals surface area contributed by atoms with Crippen molar-refractivity contribution in [2.75, 3.05) is 32.9 Å². The van der Waals surface area contributed by atoms with Gasteiger partial charge in [-0.15, -0.1) is 0 Å². The van der Waals surface area contributed by atoms with Crippen LogP contribution in [0.3, 0.4) is 0 Å². The van der Waals surface area contributed by atoms with E-state index in [1.807, 2.05) is 12.3 Å². The van der Waals surface area contributed by atoms with Crippen molar-refractivity contribution in [2.24, 2.45) is 11.5 Å². The molecule has 0 amide bonds. The average molecular weight is 300 g/mol. The van der Waals surface area contributed by atoms with Gasteiger partial charge in [-0.1, -0.05) is 13.0 Å². The molecule has 0 spiro atoms. The lowest BCUT2D eigenvalue weighted by atomic mass is 10.1. The van der Waals surface area contributed by atoms with Gasteiger partial charge >= 0.3 is 0 Å². The molecule has 8 N–H and O–H groups in total. The molecule has 0 unspecified atom stereocenters. The van der Waals surface area contributed by atoms with Crippen LogP contribution in [-0.2, 0) is 13.0 Å². The van der Waals surface area contributed by atoms with Crippen LogP contribution < -0.4 is 16.8 Å². The summed E-state index contributed by atoms with van der Waals surface area (Å²) < 4.78 is 0. The molecule has 1 aromatic rings.